The molecule has 4 rings (SSSR count). The van der Waals surface area contributed by atoms with Gasteiger partial charge in [-0.2, -0.15) is 0 Å². The molecule has 0 unspecified atom stereocenters. The summed E-state index contributed by atoms with van der Waals surface area (Å²) in [6.07, 6.45) is 17.1. The number of hydrogen-bond acceptors (Lipinski definition) is 5. The van der Waals surface area contributed by atoms with Crippen LogP contribution in [0.3, 0.4) is 0 Å². The lowest BCUT2D eigenvalue weighted by Gasteiger charge is -2.36. The first-order valence-corrected chi connectivity index (χ1v) is 14.9. The van der Waals surface area contributed by atoms with Crippen molar-refractivity contribution in [3.8, 4) is 5.75 Å². The van der Waals surface area contributed by atoms with Gasteiger partial charge in [0.2, 0.25) is 17.7 Å². The van der Waals surface area contributed by atoms with Gasteiger partial charge in [0, 0.05) is 23.7 Å². The average Bonchev–Trinajstić information content (AvgIpc) is 3.19. The van der Waals surface area contributed by atoms with E-state index in [4.69, 9.17) is 16.3 Å². The Hall–Kier alpha value is -3.36. The number of allylic oxidation sites excluding steroid dienone is 6. The fourth-order valence-corrected chi connectivity index (χ4v) is 4.68. The van der Waals surface area contributed by atoms with Gasteiger partial charge in [0.1, 0.15) is 12.4 Å². The maximum absolute atomic E-state index is 12.9. The largest absolute Gasteiger partial charge is 0.492 e. The van der Waals surface area contributed by atoms with Gasteiger partial charge in [-0.25, -0.2) is 0 Å². The molecule has 1 saturated carbocycles. The summed E-state index contributed by atoms with van der Waals surface area (Å²) in [7, 11) is 0. The van der Waals surface area contributed by atoms with Crippen molar-refractivity contribution in [2.75, 3.05) is 32.8 Å². The first-order valence-electron chi connectivity index (χ1n) is 14.5. The molecule has 0 saturated heterocycles. The van der Waals surface area contributed by atoms with Gasteiger partial charge in [-0.05, 0) is 38.3 Å². The number of carbonyl (C=O) groups is 3. The van der Waals surface area contributed by atoms with Crippen LogP contribution in [-0.2, 0) is 14.4 Å². The lowest BCUT2D eigenvalue weighted by Crippen LogP contribution is -2.59. The maximum Gasteiger partial charge on any atom is 0.240 e. The van der Waals surface area contributed by atoms with E-state index < -0.39 is 11.4 Å². The molecule has 1 heterocycles. The van der Waals surface area contributed by atoms with E-state index in [-0.39, 0.29) is 24.9 Å². The number of fused-ring (bicyclic) bond motifs is 1. The number of hydrogen-bond donors (Lipinski definition) is 4. The average molecular weight is 585 g/mol. The second-order valence-electron chi connectivity index (χ2n) is 9.79. The van der Waals surface area contributed by atoms with Crippen LogP contribution in [0.25, 0.3) is 6.08 Å². The third-order valence-corrected chi connectivity index (χ3v) is 6.99. The molecule has 3 aliphatic rings. The summed E-state index contributed by atoms with van der Waals surface area (Å²) in [6.45, 7) is 7.08. The third-order valence-electron chi connectivity index (χ3n) is 6.71. The Kier molecular flexibility index (Phi) is 15.6. The highest BCUT2D eigenvalue weighted by molar-refractivity contribution is 6.31. The van der Waals surface area contributed by atoms with Crippen molar-refractivity contribution in [3.63, 3.8) is 0 Å². The van der Waals surface area contributed by atoms with Crippen molar-refractivity contribution in [1.82, 2.24) is 21.3 Å². The second kappa shape index (κ2) is 18.9. The molecule has 0 bridgehead atoms. The maximum atomic E-state index is 12.9. The van der Waals surface area contributed by atoms with Gasteiger partial charge in [0.15, 0.2) is 0 Å². The Morgan fingerprint density at radius 3 is 2.39 bits per heavy atom. The summed E-state index contributed by atoms with van der Waals surface area (Å²) < 4.78 is 5.94. The lowest BCUT2D eigenvalue weighted by molar-refractivity contribution is -0.132. The zero-order valence-electron chi connectivity index (χ0n) is 24.6. The molecule has 1 aromatic rings. The molecule has 1 spiro atoms. The van der Waals surface area contributed by atoms with Crippen LogP contribution in [0, 0.1) is 0 Å². The fraction of sp³-hybridized carbons (Fsp3) is 0.469. The fourth-order valence-electron chi connectivity index (χ4n) is 4.53. The van der Waals surface area contributed by atoms with Crippen LogP contribution in [0.2, 0.25) is 0 Å². The number of halogens is 1. The Morgan fingerprint density at radius 1 is 0.902 bits per heavy atom. The summed E-state index contributed by atoms with van der Waals surface area (Å²) in [6, 6.07) is 7.67. The van der Waals surface area contributed by atoms with Gasteiger partial charge in [0.05, 0.1) is 18.6 Å². The number of carbonyl (C=O) groups excluding carboxylic acids is 3. The van der Waals surface area contributed by atoms with E-state index >= 15 is 0 Å². The summed E-state index contributed by atoms with van der Waals surface area (Å²) >= 11 is 5.73. The standard InChI is InChI=1S/C22H30N4O4.C8H9Cl.C2H6/c27-19-15-24-20(28)16-25-21(29)22(10-4-1-5-11-22)26-13-14-30-18-9-3-2-7-17(18)8-6-12-23-19;1-7-3-2-4-8(9)6-5-7;1-2/h2-3,6-9,26H,1,4-5,10-16H2,(H,23,27)(H,24,28)(H,25,29);2-4,6H,5H2,1H3;1-2H3/b8-6+;;. The van der Waals surface area contributed by atoms with Crippen LogP contribution in [0.5, 0.6) is 5.75 Å². The van der Waals surface area contributed by atoms with Crippen LogP contribution in [-0.4, -0.2) is 56.0 Å². The monoisotopic (exact) mass is 584 g/mol. The quantitative estimate of drug-likeness (QED) is 0.351. The Balaban J connectivity index is 0.000000450. The Bertz CT molecular complexity index is 1120. The molecule has 8 nitrogen and oxygen atoms in total. The first kappa shape index (κ1) is 33.8. The van der Waals surface area contributed by atoms with Crippen molar-refractivity contribution in [2.24, 2.45) is 0 Å². The molecular weight excluding hydrogens is 540 g/mol. The molecule has 1 fully saturated rings. The van der Waals surface area contributed by atoms with Crippen molar-refractivity contribution >= 4 is 35.4 Å². The Morgan fingerprint density at radius 2 is 1.61 bits per heavy atom. The van der Waals surface area contributed by atoms with E-state index in [1.807, 2.05) is 68.5 Å². The molecule has 1 aromatic carbocycles. The minimum absolute atomic E-state index is 0.133. The van der Waals surface area contributed by atoms with E-state index in [9.17, 15) is 14.4 Å². The third kappa shape index (κ3) is 12.4. The predicted molar refractivity (Wildman–Crippen MR) is 167 cm³/mol. The number of nitrogens with one attached hydrogen (secondary N) is 4. The number of amides is 3. The van der Waals surface area contributed by atoms with Crippen molar-refractivity contribution < 1.29 is 19.1 Å². The molecule has 41 heavy (non-hydrogen) atoms. The van der Waals surface area contributed by atoms with Crippen molar-refractivity contribution in [1.29, 1.82) is 0 Å². The van der Waals surface area contributed by atoms with Crippen LogP contribution in [0.15, 0.2) is 65.3 Å². The van der Waals surface area contributed by atoms with Gasteiger partial charge in [-0.3, -0.25) is 19.7 Å². The van der Waals surface area contributed by atoms with Gasteiger partial charge < -0.3 is 20.7 Å². The van der Waals surface area contributed by atoms with Gasteiger partial charge >= 0.3 is 0 Å². The van der Waals surface area contributed by atoms with Crippen molar-refractivity contribution in [3.05, 3.63) is 70.8 Å². The number of rotatable bonds is 0. The summed E-state index contributed by atoms with van der Waals surface area (Å²) in [5, 5.41) is 12.2. The molecule has 1 aliphatic heterocycles. The first-order chi connectivity index (χ1) is 19.9. The minimum atomic E-state index is -0.690. The second-order valence-corrected chi connectivity index (χ2v) is 10.2. The van der Waals surface area contributed by atoms with E-state index in [0.29, 0.717) is 19.7 Å². The minimum Gasteiger partial charge on any atom is -0.492 e. The molecule has 0 aromatic heterocycles. The van der Waals surface area contributed by atoms with Gasteiger partial charge in [0.25, 0.3) is 0 Å². The smallest absolute Gasteiger partial charge is 0.240 e. The van der Waals surface area contributed by atoms with Crippen molar-refractivity contribution in [2.45, 2.75) is 64.8 Å². The highest BCUT2D eigenvalue weighted by Gasteiger charge is 2.38. The van der Waals surface area contributed by atoms with Gasteiger partial charge in [-0.1, -0.05) is 98.9 Å². The summed E-state index contributed by atoms with van der Waals surface area (Å²) in [5.74, 6) is -0.113. The molecule has 0 radical (unpaired) electrons. The number of benzene rings is 1. The summed E-state index contributed by atoms with van der Waals surface area (Å²) in [4.78, 5) is 36.8. The van der Waals surface area contributed by atoms with E-state index in [2.05, 4.69) is 34.3 Å². The van der Waals surface area contributed by atoms with E-state index in [1.54, 1.807) is 0 Å². The molecular formula is C32H45ClN4O4. The molecule has 2 aliphatic carbocycles. The van der Waals surface area contributed by atoms with E-state index in [1.165, 1.54) is 5.57 Å². The zero-order chi connectivity index (χ0) is 29.9. The van der Waals surface area contributed by atoms with Crippen LogP contribution in [0.4, 0.5) is 0 Å². The lowest BCUT2D eigenvalue weighted by atomic mass is 9.81. The Labute approximate surface area is 249 Å². The number of para-hydroxylation sites is 1. The SMILES string of the molecule is CC.CC1=CC=CC(Cl)=CC1.O=C1CNC(=O)CNC(=O)C2(CCCCC2)NCCOc2ccccc2/C=C/CN1. The molecule has 9 heteroatoms. The normalized spacial score (nSPS) is 20.5. The van der Waals surface area contributed by atoms with Crippen LogP contribution >= 0.6 is 11.6 Å². The van der Waals surface area contributed by atoms with Crippen LogP contribution in [0.1, 0.15) is 64.9 Å². The highest BCUT2D eigenvalue weighted by atomic mass is 35.5. The van der Waals surface area contributed by atoms with Crippen LogP contribution < -0.4 is 26.0 Å². The van der Waals surface area contributed by atoms with Gasteiger partial charge in [-0.15, -0.1) is 0 Å². The topological polar surface area (TPSA) is 109 Å². The zero-order valence-corrected chi connectivity index (χ0v) is 25.3. The molecule has 0 atom stereocenters. The molecule has 3 amide bonds. The predicted octanol–water partition coefficient (Wildman–Crippen LogP) is 4.77. The molecule has 224 valence electrons. The van der Waals surface area contributed by atoms with E-state index in [0.717, 1.165) is 54.9 Å². The molecule has 4 N–H and O–H groups in total. The number of ether oxygens (including phenoxy) is 1. The highest BCUT2D eigenvalue weighted by Crippen LogP contribution is 2.28. The summed E-state index contributed by atoms with van der Waals surface area (Å²) in [5.41, 5.74) is 1.57.